The number of ketones is 1. The molecule has 0 spiro atoms. The van der Waals surface area contributed by atoms with Crippen LogP contribution in [0.2, 0.25) is 0 Å². The first kappa shape index (κ1) is 10.6. The molecule has 1 saturated heterocycles. The van der Waals surface area contributed by atoms with Crippen LogP contribution in [-0.2, 0) is 11.8 Å². The Kier molecular flexibility index (Phi) is 2.15. The van der Waals surface area contributed by atoms with Crippen LogP contribution >= 0.6 is 0 Å². The van der Waals surface area contributed by atoms with E-state index < -0.39 is 0 Å². The number of allylic oxidation sites excluding steroid dienone is 2. The van der Waals surface area contributed by atoms with Gasteiger partial charge < -0.3 is 5.32 Å². The summed E-state index contributed by atoms with van der Waals surface area (Å²) in [6, 6.07) is 6.28. The van der Waals surface area contributed by atoms with Crippen LogP contribution in [0.25, 0.3) is 0 Å². The number of rotatable bonds is 1. The Morgan fingerprint density at radius 3 is 3.00 bits per heavy atom. The molecule has 2 aliphatic rings. The third-order valence-corrected chi connectivity index (χ3v) is 4.16. The molecule has 3 rings (SSSR count). The highest BCUT2D eigenvalue weighted by molar-refractivity contribution is 6.08. The molecule has 88 valence electrons. The Balaban J connectivity index is 2.24. The molecule has 1 heterocycles. The molecule has 0 amide bonds. The minimum Gasteiger partial charge on any atom is -0.387 e. The molecular weight excluding hydrogens is 210 g/mol. The van der Waals surface area contributed by atoms with Gasteiger partial charge in [0.15, 0.2) is 5.78 Å². The number of aryl methyl sites for hydroxylation is 1. The fraction of sp³-hybridized carbons (Fsp3) is 0.400. The number of carbonyl (C=O) groups is 1. The lowest BCUT2D eigenvalue weighted by Gasteiger charge is -2.31. The zero-order chi connectivity index (χ0) is 12.0. The topological polar surface area (TPSA) is 29.1 Å². The average Bonchev–Trinajstić information content (AvgIpc) is 2.71. The molecule has 2 heteroatoms. The van der Waals surface area contributed by atoms with Gasteiger partial charge in [0.1, 0.15) is 0 Å². The van der Waals surface area contributed by atoms with Gasteiger partial charge in [0.25, 0.3) is 0 Å². The van der Waals surface area contributed by atoms with Gasteiger partial charge in [0.05, 0.1) is 0 Å². The van der Waals surface area contributed by atoms with E-state index in [0.29, 0.717) is 0 Å². The molecule has 1 aliphatic heterocycles. The summed E-state index contributed by atoms with van der Waals surface area (Å²) < 4.78 is 0. The van der Waals surface area contributed by atoms with Crippen molar-refractivity contribution < 1.29 is 4.79 Å². The molecule has 0 saturated carbocycles. The highest BCUT2D eigenvalue weighted by atomic mass is 16.1. The summed E-state index contributed by atoms with van der Waals surface area (Å²) in [5, 5.41) is 3.35. The molecular formula is C15H17NO. The third-order valence-electron chi connectivity index (χ3n) is 4.16. The first-order valence-electron chi connectivity index (χ1n) is 6.29. The summed E-state index contributed by atoms with van der Waals surface area (Å²) in [6.07, 6.45) is 3.87. The van der Waals surface area contributed by atoms with E-state index in [1.807, 2.05) is 6.07 Å². The maximum atomic E-state index is 12.1. The Morgan fingerprint density at radius 1 is 1.41 bits per heavy atom. The smallest absolute Gasteiger partial charge is 0.187 e. The average molecular weight is 227 g/mol. The summed E-state index contributed by atoms with van der Waals surface area (Å²) in [5.41, 5.74) is 4.53. The van der Waals surface area contributed by atoms with Crippen molar-refractivity contribution >= 4 is 5.78 Å². The molecule has 1 fully saturated rings. The number of hydrogen-bond donors (Lipinski definition) is 1. The van der Waals surface area contributed by atoms with Crippen molar-refractivity contribution in [2.75, 3.05) is 6.54 Å². The van der Waals surface area contributed by atoms with Crippen LogP contribution in [0.4, 0.5) is 0 Å². The molecule has 1 aromatic rings. The molecule has 1 atom stereocenters. The zero-order valence-electron chi connectivity index (χ0n) is 10.3. The van der Waals surface area contributed by atoms with Crippen molar-refractivity contribution in [3.8, 4) is 0 Å². The summed E-state index contributed by atoms with van der Waals surface area (Å²) in [7, 11) is 0. The number of hydrogen-bond acceptors (Lipinski definition) is 2. The maximum absolute atomic E-state index is 12.1. The van der Waals surface area contributed by atoms with Gasteiger partial charge in [0, 0.05) is 29.3 Å². The number of fused-ring (bicyclic) bond motifs is 3. The molecule has 1 aromatic carbocycles. The van der Waals surface area contributed by atoms with Gasteiger partial charge in [-0.25, -0.2) is 0 Å². The number of benzene rings is 1. The highest BCUT2D eigenvalue weighted by Gasteiger charge is 2.41. The van der Waals surface area contributed by atoms with Gasteiger partial charge >= 0.3 is 0 Å². The normalized spacial score (nSPS) is 26.0. The number of nitrogens with one attached hydrogen (secondary N) is 1. The van der Waals surface area contributed by atoms with Crippen LogP contribution in [0, 0.1) is 0 Å². The monoisotopic (exact) mass is 227 g/mol. The van der Waals surface area contributed by atoms with E-state index in [0.717, 1.165) is 30.6 Å². The Hall–Kier alpha value is -1.57. The molecule has 0 aromatic heterocycles. The molecule has 1 N–H and O–H groups in total. The van der Waals surface area contributed by atoms with E-state index in [9.17, 15) is 4.79 Å². The van der Waals surface area contributed by atoms with Crippen LogP contribution < -0.4 is 5.32 Å². The Labute approximate surface area is 102 Å². The first-order chi connectivity index (χ1) is 8.15. The summed E-state index contributed by atoms with van der Waals surface area (Å²) in [5.74, 6) is 0.143. The minimum atomic E-state index is 0.0222. The van der Waals surface area contributed by atoms with Gasteiger partial charge in [-0.3, -0.25) is 4.79 Å². The van der Waals surface area contributed by atoms with E-state index in [4.69, 9.17) is 0 Å². The molecule has 1 aliphatic carbocycles. The van der Waals surface area contributed by atoms with Crippen LogP contribution in [0.1, 0.15) is 41.8 Å². The highest BCUT2D eigenvalue weighted by Crippen LogP contribution is 2.42. The summed E-state index contributed by atoms with van der Waals surface area (Å²) in [6.45, 7) is 5.35. The van der Waals surface area contributed by atoms with Crippen LogP contribution in [0.5, 0.6) is 0 Å². The van der Waals surface area contributed by atoms with Gasteiger partial charge in [0.2, 0.25) is 0 Å². The lowest BCUT2D eigenvalue weighted by molar-refractivity contribution is 0.103. The van der Waals surface area contributed by atoms with Crippen LogP contribution in [0.15, 0.2) is 30.0 Å². The van der Waals surface area contributed by atoms with E-state index in [2.05, 4.69) is 31.3 Å². The van der Waals surface area contributed by atoms with Crippen molar-refractivity contribution in [2.24, 2.45) is 0 Å². The standard InChI is InChI=1S/C15H17NO/c1-3-10-4-5-11-12(8-10)15(2)6-7-16-14(15)9-13(11)17/h4-5,8-9,16H,3,6-7H2,1-2H3. The van der Waals surface area contributed by atoms with Crippen molar-refractivity contribution in [1.29, 1.82) is 0 Å². The van der Waals surface area contributed by atoms with Gasteiger partial charge in [-0.1, -0.05) is 25.1 Å². The fourth-order valence-corrected chi connectivity index (χ4v) is 2.96. The van der Waals surface area contributed by atoms with Crippen molar-refractivity contribution in [2.45, 2.75) is 32.1 Å². The second kappa shape index (κ2) is 3.46. The number of carbonyl (C=O) groups excluding carboxylic acids is 1. The van der Waals surface area contributed by atoms with Crippen LogP contribution in [0.3, 0.4) is 0 Å². The lowest BCUT2D eigenvalue weighted by atomic mass is 9.72. The Morgan fingerprint density at radius 2 is 2.24 bits per heavy atom. The van der Waals surface area contributed by atoms with Crippen molar-refractivity contribution in [1.82, 2.24) is 5.32 Å². The molecule has 2 nitrogen and oxygen atoms in total. The van der Waals surface area contributed by atoms with E-state index in [1.54, 1.807) is 6.08 Å². The van der Waals surface area contributed by atoms with Crippen LogP contribution in [-0.4, -0.2) is 12.3 Å². The molecule has 1 unspecified atom stereocenters. The maximum Gasteiger partial charge on any atom is 0.187 e. The van der Waals surface area contributed by atoms with E-state index in [-0.39, 0.29) is 11.2 Å². The largest absolute Gasteiger partial charge is 0.387 e. The lowest BCUT2D eigenvalue weighted by Crippen LogP contribution is -2.30. The minimum absolute atomic E-state index is 0.0222. The first-order valence-corrected chi connectivity index (χ1v) is 6.29. The van der Waals surface area contributed by atoms with Gasteiger partial charge in [-0.15, -0.1) is 0 Å². The second-order valence-electron chi connectivity index (χ2n) is 5.16. The SMILES string of the molecule is CCc1ccc2c(c1)C1(C)CCNC1=CC2=O. The third kappa shape index (κ3) is 1.36. The van der Waals surface area contributed by atoms with E-state index in [1.165, 1.54) is 11.1 Å². The fourth-order valence-electron chi connectivity index (χ4n) is 2.96. The predicted molar refractivity (Wildman–Crippen MR) is 68.2 cm³/mol. The van der Waals surface area contributed by atoms with E-state index >= 15 is 0 Å². The van der Waals surface area contributed by atoms with Crippen molar-refractivity contribution in [3.05, 3.63) is 46.7 Å². The second-order valence-corrected chi connectivity index (χ2v) is 5.16. The quantitative estimate of drug-likeness (QED) is 0.799. The molecule has 0 bridgehead atoms. The molecule has 17 heavy (non-hydrogen) atoms. The zero-order valence-corrected chi connectivity index (χ0v) is 10.3. The predicted octanol–water partition coefficient (Wildman–Crippen LogP) is 2.58. The summed E-state index contributed by atoms with van der Waals surface area (Å²) in [4.78, 5) is 12.1. The van der Waals surface area contributed by atoms with Crippen molar-refractivity contribution in [3.63, 3.8) is 0 Å². The Bertz CT molecular complexity index is 530. The van der Waals surface area contributed by atoms with Gasteiger partial charge in [-0.2, -0.15) is 0 Å². The summed E-state index contributed by atoms with van der Waals surface area (Å²) >= 11 is 0. The molecule has 0 radical (unpaired) electrons. The van der Waals surface area contributed by atoms with Gasteiger partial charge in [-0.05, 0) is 30.9 Å².